The van der Waals surface area contributed by atoms with E-state index in [1.165, 1.54) is 0 Å². The van der Waals surface area contributed by atoms with Gasteiger partial charge in [0, 0.05) is 25.9 Å². The SMILES string of the molecule is CC1CC(C(=O)N(C)C2CCC3(CC2)OCCO3)CO1. The lowest BCUT2D eigenvalue weighted by molar-refractivity contribution is -0.185. The third kappa shape index (κ3) is 2.71. The molecule has 2 unspecified atom stereocenters. The minimum absolute atomic E-state index is 0.0462. The molecule has 0 aromatic rings. The fourth-order valence-electron chi connectivity index (χ4n) is 3.67. The lowest BCUT2D eigenvalue weighted by atomic mass is 9.88. The van der Waals surface area contributed by atoms with Gasteiger partial charge in [0.05, 0.1) is 31.8 Å². The van der Waals surface area contributed by atoms with E-state index in [1.807, 2.05) is 18.9 Å². The Morgan fingerprint density at radius 1 is 1.20 bits per heavy atom. The van der Waals surface area contributed by atoms with Gasteiger partial charge < -0.3 is 19.1 Å². The maximum atomic E-state index is 12.5. The summed E-state index contributed by atoms with van der Waals surface area (Å²) in [5.41, 5.74) is 0. The molecule has 0 radical (unpaired) electrons. The van der Waals surface area contributed by atoms with Crippen LogP contribution in [0.25, 0.3) is 0 Å². The van der Waals surface area contributed by atoms with E-state index in [0.29, 0.717) is 25.9 Å². The molecule has 2 heterocycles. The summed E-state index contributed by atoms with van der Waals surface area (Å²) in [7, 11) is 1.93. The molecule has 1 saturated carbocycles. The second-order valence-corrected chi connectivity index (χ2v) is 6.36. The van der Waals surface area contributed by atoms with Crippen molar-refractivity contribution in [1.82, 2.24) is 4.90 Å². The predicted octanol–water partition coefficient (Wildman–Crippen LogP) is 1.56. The number of carbonyl (C=O) groups is 1. The maximum Gasteiger partial charge on any atom is 0.228 e. The number of hydrogen-bond acceptors (Lipinski definition) is 4. The summed E-state index contributed by atoms with van der Waals surface area (Å²) < 4.78 is 17.0. The molecule has 0 aromatic carbocycles. The molecule has 3 rings (SSSR count). The van der Waals surface area contributed by atoms with E-state index in [-0.39, 0.29) is 23.7 Å². The van der Waals surface area contributed by atoms with Crippen LogP contribution in [0.2, 0.25) is 0 Å². The smallest absolute Gasteiger partial charge is 0.228 e. The van der Waals surface area contributed by atoms with Gasteiger partial charge in [-0.05, 0) is 26.2 Å². The van der Waals surface area contributed by atoms with Crippen LogP contribution in [0.3, 0.4) is 0 Å². The van der Waals surface area contributed by atoms with Crippen LogP contribution >= 0.6 is 0 Å². The van der Waals surface area contributed by atoms with E-state index in [2.05, 4.69) is 0 Å². The normalized spacial score (nSPS) is 33.7. The quantitative estimate of drug-likeness (QED) is 0.771. The second-order valence-electron chi connectivity index (χ2n) is 6.36. The Hall–Kier alpha value is -0.650. The highest BCUT2D eigenvalue weighted by Crippen LogP contribution is 2.37. The summed E-state index contributed by atoms with van der Waals surface area (Å²) in [6, 6.07) is 0.317. The van der Waals surface area contributed by atoms with Crippen molar-refractivity contribution in [2.75, 3.05) is 26.9 Å². The molecular weight excluding hydrogens is 258 g/mol. The molecule has 2 saturated heterocycles. The highest BCUT2D eigenvalue weighted by molar-refractivity contribution is 5.79. The number of rotatable bonds is 2. The molecule has 3 fully saturated rings. The zero-order valence-corrected chi connectivity index (χ0v) is 12.5. The molecule has 1 spiro atoms. The van der Waals surface area contributed by atoms with Gasteiger partial charge in [-0.25, -0.2) is 0 Å². The summed E-state index contributed by atoms with van der Waals surface area (Å²) in [6.07, 6.45) is 4.79. The number of amides is 1. The first-order valence-corrected chi connectivity index (χ1v) is 7.76. The molecule has 20 heavy (non-hydrogen) atoms. The van der Waals surface area contributed by atoms with Gasteiger partial charge in [-0.3, -0.25) is 4.79 Å². The van der Waals surface area contributed by atoms with Gasteiger partial charge in [0.1, 0.15) is 0 Å². The summed E-state index contributed by atoms with van der Waals surface area (Å²) >= 11 is 0. The summed E-state index contributed by atoms with van der Waals surface area (Å²) in [5.74, 6) is -0.0563. The van der Waals surface area contributed by atoms with E-state index in [0.717, 1.165) is 32.1 Å². The van der Waals surface area contributed by atoms with Gasteiger partial charge in [-0.1, -0.05) is 0 Å². The Balaban J connectivity index is 1.53. The van der Waals surface area contributed by atoms with E-state index in [9.17, 15) is 4.79 Å². The number of nitrogens with zero attached hydrogens (tertiary/aromatic N) is 1. The summed E-state index contributed by atoms with van der Waals surface area (Å²) in [6.45, 7) is 4.02. The van der Waals surface area contributed by atoms with Crippen molar-refractivity contribution < 1.29 is 19.0 Å². The van der Waals surface area contributed by atoms with Crippen LogP contribution < -0.4 is 0 Å². The van der Waals surface area contributed by atoms with Crippen LogP contribution in [0.15, 0.2) is 0 Å². The van der Waals surface area contributed by atoms with Crippen molar-refractivity contribution in [1.29, 1.82) is 0 Å². The van der Waals surface area contributed by atoms with E-state index < -0.39 is 0 Å². The Morgan fingerprint density at radius 3 is 2.40 bits per heavy atom. The van der Waals surface area contributed by atoms with Crippen LogP contribution in [0.1, 0.15) is 39.0 Å². The van der Waals surface area contributed by atoms with Crippen LogP contribution in [0.5, 0.6) is 0 Å². The number of hydrogen-bond donors (Lipinski definition) is 0. The number of ether oxygens (including phenoxy) is 3. The van der Waals surface area contributed by atoms with Crippen molar-refractivity contribution in [3.63, 3.8) is 0 Å². The highest BCUT2D eigenvalue weighted by Gasteiger charge is 2.42. The zero-order chi connectivity index (χ0) is 14.2. The Bertz CT molecular complexity index is 357. The molecule has 3 aliphatic rings. The van der Waals surface area contributed by atoms with Crippen molar-refractivity contribution in [2.45, 2.75) is 57.0 Å². The highest BCUT2D eigenvalue weighted by atomic mass is 16.7. The van der Waals surface area contributed by atoms with Gasteiger partial charge in [0.15, 0.2) is 5.79 Å². The summed E-state index contributed by atoms with van der Waals surface area (Å²) in [5, 5.41) is 0. The predicted molar refractivity (Wildman–Crippen MR) is 73.2 cm³/mol. The molecule has 0 aromatic heterocycles. The molecule has 5 heteroatoms. The molecule has 1 amide bonds. The Morgan fingerprint density at radius 2 is 1.85 bits per heavy atom. The Kier molecular flexibility index (Phi) is 4.02. The third-order valence-electron chi connectivity index (χ3n) is 4.97. The van der Waals surface area contributed by atoms with Gasteiger partial charge in [0.25, 0.3) is 0 Å². The number of carbonyl (C=O) groups excluding carboxylic acids is 1. The van der Waals surface area contributed by atoms with Crippen LogP contribution in [0, 0.1) is 5.92 Å². The summed E-state index contributed by atoms with van der Waals surface area (Å²) in [4.78, 5) is 14.4. The molecule has 2 aliphatic heterocycles. The average Bonchev–Trinajstić information content (AvgIpc) is 3.08. The second kappa shape index (κ2) is 5.62. The third-order valence-corrected chi connectivity index (χ3v) is 4.97. The lowest BCUT2D eigenvalue weighted by Gasteiger charge is -2.39. The Labute approximate surface area is 120 Å². The molecule has 2 atom stereocenters. The zero-order valence-electron chi connectivity index (χ0n) is 12.5. The first-order chi connectivity index (χ1) is 9.60. The van der Waals surface area contributed by atoms with Crippen molar-refractivity contribution in [2.24, 2.45) is 5.92 Å². The fraction of sp³-hybridized carbons (Fsp3) is 0.933. The van der Waals surface area contributed by atoms with Gasteiger partial charge in [0.2, 0.25) is 5.91 Å². The maximum absolute atomic E-state index is 12.5. The fourth-order valence-corrected chi connectivity index (χ4v) is 3.67. The van der Waals surface area contributed by atoms with E-state index in [1.54, 1.807) is 0 Å². The largest absolute Gasteiger partial charge is 0.378 e. The van der Waals surface area contributed by atoms with Gasteiger partial charge in [-0.2, -0.15) is 0 Å². The van der Waals surface area contributed by atoms with Crippen molar-refractivity contribution >= 4 is 5.91 Å². The molecule has 0 bridgehead atoms. The minimum Gasteiger partial charge on any atom is -0.378 e. The topological polar surface area (TPSA) is 48.0 Å². The minimum atomic E-state index is -0.342. The molecule has 0 N–H and O–H groups in total. The van der Waals surface area contributed by atoms with Crippen LogP contribution in [-0.2, 0) is 19.0 Å². The van der Waals surface area contributed by atoms with E-state index >= 15 is 0 Å². The first kappa shape index (κ1) is 14.3. The standard InChI is InChI=1S/C15H25NO4/c1-11-9-12(10-18-11)14(17)16(2)13-3-5-15(6-4-13)19-7-8-20-15/h11-13H,3-10H2,1-2H3. The lowest BCUT2D eigenvalue weighted by Crippen LogP contribution is -2.46. The van der Waals surface area contributed by atoms with E-state index in [4.69, 9.17) is 14.2 Å². The van der Waals surface area contributed by atoms with Gasteiger partial charge >= 0.3 is 0 Å². The van der Waals surface area contributed by atoms with Crippen LogP contribution in [0.4, 0.5) is 0 Å². The molecule has 5 nitrogen and oxygen atoms in total. The monoisotopic (exact) mass is 283 g/mol. The molecular formula is C15H25NO4. The van der Waals surface area contributed by atoms with Crippen LogP contribution in [-0.4, -0.2) is 55.6 Å². The van der Waals surface area contributed by atoms with Gasteiger partial charge in [-0.15, -0.1) is 0 Å². The average molecular weight is 283 g/mol. The van der Waals surface area contributed by atoms with Crippen molar-refractivity contribution in [3.05, 3.63) is 0 Å². The molecule has 114 valence electrons. The van der Waals surface area contributed by atoms with Crippen molar-refractivity contribution in [3.8, 4) is 0 Å². The molecule has 1 aliphatic carbocycles. The first-order valence-electron chi connectivity index (χ1n) is 7.76.